The lowest BCUT2D eigenvalue weighted by Gasteiger charge is -2.09. The van der Waals surface area contributed by atoms with Gasteiger partial charge in [0.15, 0.2) is 11.5 Å². The van der Waals surface area contributed by atoms with Crippen LogP contribution in [0.25, 0.3) is 11.3 Å². The van der Waals surface area contributed by atoms with Gasteiger partial charge < -0.3 is 9.47 Å². The second kappa shape index (κ2) is 8.30. The number of nitrogens with one attached hydrogen (secondary N) is 2. The number of carbonyl (C=O) groups excluding carboxylic acids is 1. The second-order valence-electron chi connectivity index (χ2n) is 5.18. The number of thiophene rings is 1. The topological polar surface area (TPSA) is 88.6 Å². The van der Waals surface area contributed by atoms with Crippen LogP contribution in [0.2, 0.25) is 0 Å². The largest absolute Gasteiger partial charge is 0.493 e. The van der Waals surface area contributed by atoms with Crippen LogP contribution >= 0.6 is 11.3 Å². The molecule has 1 aromatic carbocycles. The third-order valence-electron chi connectivity index (χ3n) is 3.48. The zero-order valence-corrected chi connectivity index (χ0v) is 15.2. The van der Waals surface area contributed by atoms with E-state index in [-0.39, 0.29) is 5.91 Å². The van der Waals surface area contributed by atoms with E-state index in [1.54, 1.807) is 19.4 Å². The summed E-state index contributed by atoms with van der Waals surface area (Å²) in [4.78, 5) is 13.1. The number of H-pyrrole nitrogens is 1. The quantitative estimate of drug-likeness (QED) is 0.493. The van der Waals surface area contributed by atoms with Crippen LogP contribution in [0.1, 0.15) is 22.3 Å². The molecule has 0 atom stereocenters. The maximum Gasteiger partial charge on any atom is 0.289 e. The summed E-state index contributed by atoms with van der Waals surface area (Å²) in [6.07, 6.45) is 1.59. The fourth-order valence-corrected chi connectivity index (χ4v) is 2.85. The number of hydrazone groups is 1. The molecule has 0 aliphatic carbocycles. The van der Waals surface area contributed by atoms with Crippen molar-refractivity contribution in [3.63, 3.8) is 0 Å². The van der Waals surface area contributed by atoms with E-state index in [1.165, 1.54) is 11.3 Å². The predicted octanol–water partition coefficient (Wildman–Crippen LogP) is 3.31. The van der Waals surface area contributed by atoms with Crippen LogP contribution in [-0.4, -0.2) is 36.0 Å². The molecule has 26 heavy (non-hydrogen) atoms. The Labute approximate surface area is 154 Å². The van der Waals surface area contributed by atoms with E-state index < -0.39 is 0 Å². The van der Waals surface area contributed by atoms with Gasteiger partial charge in [-0.25, -0.2) is 5.43 Å². The minimum atomic E-state index is -0.366. The van der Waals surface area contributed by atoms with Crippen molar-refractivity contribution in [2.45, 2.75) is 6.92 Å². The molecule has 0 spiro atoms. The minimum Gasteiger partial charge on any atom is -0.493 e. The lowest BCUT2D eigenvalue weighted by Crippen LogP contribution is -2.17. The minimum absolute atomic E-state index is 0.316. The highest BCUT2D eigenvalue weighted by Gasteiger charge is 2.13. The summed E-state index contributed by atoms with van der Waals surface area (Å²) in [6, 6.07) is 11.0. The van der Waals surface area contributed by atoms with Crippen LogP contribution in [0, 0.1) is 0 Å². The van der Waals surface area contributed by atoms with Crippen molar-refractivity contribution >= 4 is 23.5 Å². The molecule has 0 aliphatic heterocycles. The molecule has 8 heteroatoms. The van der Waals surface area contributed by atoms with Crippen LogP contribution in [0.3, 0.4) is 0 Å². The van der Waals surface area contributed by atoms with Crippen molar-refractivity contribution < 1.29 is 14.3 Å². The maximum atomic E-state index is 12.1. The van der Waals surface area contributed by atoms with Crippen molar-refractivity contribution in [1.82, 2.24) is 15.6 Å². The first-order valence-corrected chi connectivity index (χ1v) is 8.82. The molecule has 0 unspecified atom stereocenters. The van der Waals surface area contributed by atoms with Gasteiger partial charge in [0.2, 0.25) is 0 Å². The highest BCUT2D eigenvalue weighted by molar-refractivity contribution is 7.11. The summed E-state index contributed by atoms with van der Waals surface area (Å²) >= 11 is 1.54. The highest BCUT2D eigenvalue weighted by Crippen LogP contribution is 2.32. The Morgan fingerprint density at radius 1 is 1.35 bits per heavy atom. The number of carbonyl (C=O) groups is 1. The van der Waals surface area contributed by atoms with E-state index >= 15 is 0 Å². The third kappa shape index (κ3) is 4.09. The number of hydrogen-bond donors (Lipinski definition) is 2. The van der Waals surface area contributed by atoms with E-state index in [0.717, 1.165) is 10.4 Å². The Balaban J connectivity index is 1.71. The number of ether oxygens (including phenoxy) is 2. The van der Waals surface area contributed by atoms with Gasteiger partial charge in [0.1, 0.15) is 5.69 Å². The molecule has 134 valence electrons. The molecule has 0 radical (unpaired) electrons. The molecule has 0 saturated heterocycles. The van der Waals surface area contributed by atoms with Crippen molar-refractivity contribution in [3.05, 3.63) is 52.3 Å². The van der Waals surface area contributed by atoms with Gasteiger partial charge in [-0.05, 0) is 42.6 Å². The number of rotatable bonds is 7. The standard InChI is InChI=1S/C18H18N4O3S/c1-3-25-16-7-6-12(9-17(16)24-2)14-10-15(21-20-14)18(23)22-19-11-13-5-4-8-26-13/h4-11H,3H2,1-2H3,(H,20,21)(H,22,23)/b19-11+. The van der Waals surface area contributed by atoms with Crippen LogP contribution < -0.4 is 14.9 Å². The Hall–Kier alpha value is -3.13. The number of aromatic nitrogens is 2. The van der Waals surface area contributed by atoms with E-state index in [4.69, 9.17) is 9.47 Å². The molecule has 0 fully saturated rings. The fraction of sp³-hybridized carbons (Fsp3) is 0.167. The lowest BCUT2D eigenvalue weighted by atomic mass is 10.1. The Bertz CT molecular complexity index is 903. The third-order valence-corrected chi connectivity index (χ3v) is 4.29. The number of benzene rings is 1. The maximum absolute atomic E-state index is 12.1. The first kappa shape index (κ1) is 17.7. The second-order valence-corrected chi connectivity index (χ2v) is 6.16. The van der Waals surface area contributed by atoms with E-state index in [1.807, 2.05) is 42.6 Å². The van der Waals surface area contributed by atoms with Gasteiger partial charge in [-0.3, -0.25) is 9.89 Å². The van der Waals surface area contributed by atoms with Crippen molar-refractivity contribution in [2.24, 2.45) is 5.10 Å². The zero-order valence-electron chi connectivity index (χ0n) is 14.4. The molecule has 7 nitrogen and oxygen atoms in total. The number of aromatic amines is 1. The lowest BCUT2D eigenvalue weighted by molar-refractivity contribution is 0.0950. The molecule has 1 amide bonds. The summed E-state index contributed by atoms with van der Waals surface area (Å²) in [7, 11) is 1.58. The molecule has 0 bridgehead atoms. The van der Waals surface area contributed by atoms with Gasteiger partial charge in [0.05, 0.1) is 25.6 Å². The summed E-state index contributed by atoms with van der Waals surface area (Å²) < 4.78 is 10.8. The van der Waals surface area contributed by atoms with Crippen LogP contribution in [0.5, 0.6) is 11.5 Å². The summed E-state index contributed by atoms with van der Waals surface area (Å²) in [5.41, 5.74) is 4.22. The molecule has 0 aliphatic rings. The number of amides is 1. The SMILES string of the molecule is CCOc1ccc(-c2cc(C(=O)N/N=C/c3cccs3)[nH]n2)cc1OC. The molecule has 2 aromatic heterocycles. The predicted molar refractivity (Wildman–Crippen MR) is 101 cm³/mol. The first-order valence-electron chi connectivity index (χ1n) is 7.94. The Kier molecular flexibility index (Phi) is 5.65. The van der Waals surface area contributed by atoms with Crippen LogP contribution in [0.4, 0.5) is 0 Å². The molecular formula is C18H18N4O3S. The van der Waals surface area contributed by atoms with E-state index in [0.29, 0.717) is 29.5 Å². The van der Waals surface area contributed by atoms with Gasteiger partial charge in [0, 0.05) is 10.4 Å². The fourth-order valence-electron chi connectivity index (χ4n) is 2.27. The van der Waals surface area contributed by atoms with Gasteiger partial charge in [-0.2, -0.15) is 10.2 Å². The van der Waals surface area contributed by atoms with Crippen LogP contribution in [0.15, 0.2) is 46.9 Å². The van der Waals surface area contributed by atoms with E-state index in [9.17, 15) is 4.79 Å². The summed E-state index contributed by atoms with van der Waals surface area (Å²) in [5, 5.41) is 12.8. The molecule has 3 aromatic rings. The van der Waals surface area contributed by atoms with Gasteiger partial charge in [-0.15, -0.1) is 11.3 Å². The Morgan fingerprint density at radius 3 is 2.96 bits per heavy atom. The summed E-state index contributed by atoms with van der Waals surface area (Å²) in [5.74, 6) is 0.906. The average molecular weight is 370 g/mol. The van der Waals surface area contributed by atoms with Gasteiger partial charge in [0.25, 0.3) is 5.91 Å². The first-order chi connectivity index (χ1) is 12.7. The summed E-state index contributed by atoms with van der Waals surface area (Å²) in [6.45, 7) is 2.46. The average Bonchev–Trinajstić information content (AvgIpc) is 3.34. The van der Waals surface area contributed by atoms with Gasteiger partial charge in [-0.1, -0.05) is 6.07 Å². The molecule has 3 rings (SSSR count). The number of methoxy groups -OCH3 is 1. The monoisotopic (exact) mass is 370 g/mol. The van der Waals surface area contributed by atoms with E-state index in [2.05, 4.69) is 20.7 Å². The van der Waals surface area contributed by atoms with Crippen molar-refractivity contribution in [3.8, 4) is 22.8 Å². The number of hydrogen-bond acceptors (Lipinski definition) is 6. The van der Waals surface area contributed by atoms with Gasteiger partial charge >= 0.3 is 0 Å². The normalized spacial score (nSPS) is 10.8. The molecule has 2 N–H and O–H groups in total. The van der Waals surface area contributed by atoms with Crippen molar-refractivity contribution in [2.75, 3.05) is 13.7 Å². The molecule has 2 heterocycles. The molecular weight excluding hydrogens is 352 g/mol. The highest BCUT2D eigenvalue weighted by atomic mass is 32.1. The van der Waals surface area contributed by atoms with Crippen molar-refractivity contribution in [1.29, 1.82) is 0 Å². The smallest absolute Gasteiger partial charge is 0.289 e. The molecule has 0 saturated carbocycles. The van der Waals surface area contributed by atoms with Crippen LogP contribution in [-0.2, 0) is 0 Å². The zero-order chi connectivity index (χ0) is 18.4. The Morgan fingerprint density at radius 2 is 2.23 bits per heavy atom. The number of nitrogens with zero attached hydrogens (tertiary/aromatic N) is 2.